The van der Waals surface area contributed by atoms with Gasteiger partial charge in [-0.15, -0.1) is 0 Å². The van der Waals surface area contributed by atoms with Gasteiger partial charge in [0.15, 0.2) is 0 Å². The number of aromatic amines is 1. The molecule has 1 saturated heterocycles. The van der Waals surface area contributed by atoms with Crippen LogP contribution in [0.2, 0.25) is 0 Å². The average Bonchev–Trinajstić information content (AvgIpc) is 3.49. The maximum atomic E-state index is 13.7. The number of amides is 2. The smallest absolute Gasteiger partial charge is 0.414 e. The van der Waals surface area contributed by atoms with Crippen LogP contribution in [0.1, 0.15) is 38.8 Å². The van der Waals surface area contributed by atoms with Crippen molar-refractivity contribution in [3.8, 4) is 0 Å². The van der Waals surface area contributed by atoms with Crippen LogP contribution in [0.3, 0.4) is 0 Å². The molecule has 4 atom stereocenters. The second-order valence-corrected chi connectivity index (χ2v) is 13.0. The minimum absolute atomic E-state index is 0.0145. The Labute approximate surface area is 211 Å². The molecule has 36 heavy (non-hydrogen) atoms. The van der Waals surface area contributed by atoms with E-state index in [-0.39, 0.29) is 28.8 Å². The number of sulfonamides is 1. The number of H-pyrrole nitrogens is 1. The highest BCUT2D eigenvalue weighted by Crippen LogP contribution is 2.70. The number of carbonyl (C=O) groups excluding carboxylic acids is 2. The van der Waals surface area contributed by atoms with Crippen LogP contribution < -0.4 is 0 Å². The largest absolute Gasteiger partial charge is 0.452 e. The van der Waals surface area contributed by atoms with Gasteiger partial charge in [0.2, 0.25) is 10.0 Å². The van der Waals surface area contributed by atoms with Crippen LogP contribution in [0, 0.1) is 16.7 Å². The highest BCUT2D eigenvalue weighted by molar-refractivity contribution is 7.90. The fourth-order valence-electron chi connectivity index (χ4n) is 7.33. The van der Waals surface area contributed by atoms with Gasteiger partial charge in [-0.05, 0) is 54.2 Å². The highest BCUT2D eigenvalue weighted by Gasteiger charge is 2.72. The summed E-state index contributed by atoms with van der Waals surface area (Å²) >= 11 is 0. The lowest BCUT2D eigenvalue weighted by molar-refractivity contribution is -0.124. The van der Waals surface area contributed by atoms with Gasteiger partial charge in [-0.3, -0.25) is 9.69 Å². The maximum absolute atomic E-state index is 13.7. The van der Waals surface area contributed by atoms with Gasteiger partial charge < -0.3 is 9.72 Å². The van der Waals surface area contributed by atoms with Crippen molar-refractivity contribution in [2.75, 3.05) is 12.9 Å². The molecule has 1 unspecified atom stereocenters. The average molecular weight is 510 g/mol. The van der Waals surface area contributed by atoms with Crippen molar-refractivity contribution < 1.29 is 22.7 Å². The van der Waals surface area contributed by atoms with Crippen LogP contribution in [0.5, 0.6) is 0 Å². The zero-order valence-corrected chi connectivity index (χ0v) is 21.5. The van der Waals surface area contributed by atoms with Crippen molar-refractivity contribution in [2.24, 2.45) is 16.7 Å². The van der Waals surface area contributed by atoms with E-state index in [0.717, 1.165) is 33.7 Å². The van der Waals surface area contributed by atoms with Gasteiger partial charge in [0.1, 0.15) is 0 Å². The Bertz CT molecular complexity index is 1410. The van der Waals surface area contributed by atoms with Crippen molar-refractivity contribution in [1.29, 1.82) is 0 Å². The minimum Gasteiger partial charge on any atom is -0.452 e. The topological polar surface area (TPSA) is 99.8 Å². The predicted molar refractivity (Wildman–Crippen MR) is 135 cm³/mol. The third-order valence-electron chi connectivity index (χ3n) is 9.39. The van der Waals surface area contributed by atoms with Gasteiger partial charge in [0.25, 0.3) is 5.91 Å². The molecule has 9 heteroatoms. The number of fused-ring (bicyclic) bond motifs is 2. The second-order valence-electron chi connectivity index (χ2n) is 11.2. The Morgan fingerprint density at radius 1 is 1.22 bits per heavy atom. The SMILES string of the molecule is COC(=O)N1C=C(C(=O)N2[C@@H]3C[C@H]4CC[C@]3(CS2(=O)=O)C4(C)C)C=CC1Cc1cc2ccccc2[nH]1. The quantitative estimate of drug-likeness (QED) is 0.675. The van der Waals surface area contributed by atoms with Crippen molar-refractivity contribution in [3.63, 3.8) is 0 Å². The Balaban J connectivity index is 1.30. The monoisotopic (exact) mass is 509 g/mol. The Hall–Kier alpha value is -3.07. The van der Waals surface area contributed by atoms with E-state index >= 15 is 0 Å². The first-order valence-electron chi connectivity index (χ1n) is 12.5. The molecule has 2 bridgehead atoms. The summed E-state index contributed by atoms with van der Waals surface area (Å²) in [7, 11) is -2.47. The number of methoxy groups -OCH3 is 1. The number of nitrogens with one attached hydrogen (secondary N) is 1. The molecule has 2 aromatic rings. The summed E-state index contributed by atoms with van der Waals surface area (Å²) in [4.78, 5) is 31.2. The summed E-state index contributed by atoms with van der Waals surface area (Å²) in [5, 5.41) is 1.07. The number of aromatic nitrogens is 1. The fourth-order valence-corrected chi connectivity index (χ4v) is 9.87. The van der Waals surface area contributed by atoms with E-state index in [0.29, 0.717) is 18.8 Å². The van der Waals surface area contributed by atoms with E-state index in [1.807, 2.05) is 30.3 Å². The van der Waals surface area contributed by atoms with Gasteiger partial charge in [0.05, 0.1) is 30.5 Å². The maximum Gasteiger partial charge on any atom is 0.414 e. The number of carbonyl (C=O) groups is 2. The molecule has 4 aliphatic rings. The normalized spacial score (nSPS) is 31.5. The third kappa shape index (κ3) is 3.14. The van der Waals surface area contributed by atoms with Crippen molar-refractivity contribution in [1.82, 2.24) is 14.2 Å². The molecule has 2 amide bonds. The van der Waals surface area contributed by atoms with Gasteiger partial charge in [-0.25, -0.2) is 17.5 Å². The summed E-state index contributed by atoms with van der Waals surface area (Å²) in [6.07, 6.45) is 7.30. The molecule has 190 valence electrons. The van der Waals surface area contributed by atoms with Crippen LogP contribution in [0.4, 0.5) is 4.79 Å². The first-order chi connectivity index (χ1) is 17.1. The summed E-state index contributed by atoms with van der Waals surface area (Å²) < 4.78 is 32.8. The molecule has 1 aromatic carbocycles. The number of nitrogens with zero attached hydrogens (tertiary/aromatic N) is 2. The molecule has 3 fully saturated rings. The fraction of sp³-hybridized carbons (Fsp3) is 0.481. The van der Waals surface area contributed by atoms with E-state index in [1.165, 1.54) is 18.2 Å². The first kappa shape index (κ1) is 23.3. The minimum atomic E-state index is -3.76. The second kappa shape index (κ2) is 7.71. The van der Waals surface area contributed by atoms with Gasteiger partial charge in [0, 0.05) is 29.2 Å². The molecular formula is C27H31N3O5S. The van der Waals surface area contributed by atoms with E-state index in [2.05, 4.69) is 18.8 Å². The van der Waals surface area contributed by atoms with Gasteiger partial charge in [-0.2, -0.15) is 0 Å². The van der Waals surface area contributed by atoms with E-state index < -0.39 is 27.4 Å². The Kier molecular flexibility index (Phi) is 5.00. The van der Waals surface area contributed by atoms with E-state index in [1.54, 1.807) is 12.2 Å². The Morgan fingerprint density at radius 2 is 2.00 bits per heavy atom. The standard InChI is InChI=1S/C27H31N3O5S/c1-26(2)19-10-11-27(26)16-36(33,34)30(23(27)13-19)24(31)18-8-9-21(29(15-18)25(32)35-3)14-20-12-17-6-4-5-7-22(17)28-20/h4-9,12,15,19,21,23,28H,10-11,13-14,16H2,1-3H3/t19-,21?,23-,27-/m1/s1. The number of benzene rings is 1. The lowest BCUT2D eigenvalue weighted by Gasteiger charge is -2.37. The van der Waals surface area contributed by atoms with Crippen molar-refractivity contribution >= 4 is 32.9 Å². The van der Waals surface area contributed by atoms with Crippen LogP contribution in [-0.4, -0.2) is 59.6 Å². The molecule has 1 N–H and O–H groups in total. The Morgan fingerprint density at radius 3 is 2.72 bits per heavy atom. The number of hydrogen-bond donors (Lipinski definition) is 1. The van der Waals surface area contributed by atoms with Crippen LogP contribution in [0.25, 0.3) is 10.9 Å². The molecule has 0 radical (unpaired) electrons. The van der Waals surface area contributed by atoms with Gasteiger partial charge >= 0.3 is 6.09 Å². The molecular weight excluding hydrogens is 478 g/mol. The summed E-state index contributed by atoms with van der Waals surface area (Å²) in [6.45, 7) is 4.31. The molecule has 2 aliphatic carbocycles. The van der Waals surface area contributed by atoms with E-state index in [4.69, 9.17) is 4.74 Å². The lowest BCUT2D eigenvalue weighted by atomic mass is 9.69. The predicted octanol–water partition coefficient (Wildman–Crippen LogP) is 3.97. The summed E-state index contributed by atoms with van der Waals surface area (Å²) in [5.74, 6) is -0.133. The molecule has 2 aliphatic heterocycles. The molecule has 3 heterocycles. The van der Waals surface area contributed by atoms with E-state index in [9.17, 15) is 18.0 Å². The van der Waals surface area contributed by atoms with Crippen LogP contribution in [-0.2, 0) is 26.0 Å². The zero-order chi connectivity index (χ0) is 25.5. The van der Waals surface area contributed by atoms with Gasteiger partial charge in [-0.1, -0.05) is 38.1 Å². The molecule has 1 spiro atoms. The zero-order valence-electron chi connectivity index (χ0n) is 20.7. The first-order valence-corrected chi connectivity index (χ1v) is 14.1. The molecule has 6 rings (SSSR count). The summed E-state index contributed by atoms with van der Waals surface area (Å²) in [5.41, 5.74) is 1.60. The van der Waals surface area contributed by atoms with Crippen molar-refractivity contribution in [3.05, 3.63) is 60.0 Å². The summed E-state index contributed by atoms with van der Waals surface area (Å²) in [6, 6.07) is 9.26. The molecule has 2 saturated carbocycles. The third-order valence-corrected chi connectivity index (χ3v) is 11.3. The number of para-hydroxylation sites is 1. The van der Waals surface area contributed by atoms with Crippen LogP contribution >= 0.6 is 0 Å². The lowest BCUT2D eigenvalue weighted by Crippen LogP contribution is -2.45. The molecule has 8 nitrogen and oxygen atoms in total. The molecule has 1 aromatic heterocycles. The van der Waals surface area contributed by atoms with Crippen molar-refractivity contribution in [2.45, 2.75) is 51.6 Å². The number of hydrogen-bond acceptors (Lipinski definition) is 5. The highest BCUT2D eigenvalue weighted by atomic mass is 32.2. The van der Waals surface area contributed by atoms with Crippen LogP contribution in [0.15, 0.2) is 54.3 Å². The number of ether oxygens (including phenoxy) is 1. The number of rotatable bonds is 3.